The average molecular weight is 586 g/mol. The summed E-state index contributed by atoms with van der Waals surface area (Å²) in [5, 5.41) is 28.6. The van der Waals surface area contributed by atoms with Crippen molar-refractivity contribution < 1.29 is 34.1 Å². The minimum absolute atomic E-state index is 0. The molecule has 3 atom stereocenters. The van der Waals surface area contributed by atoms with Crippen LogP contribution in [-0.4, -0.2) is 60.0 Å². The van der Waals surface area contributed by atoms with Crippen LogP contribution < -0.4 is 20.7 Å². The van der Waals surface area contributed by atoms with Crippen molar-refractivity contribution in [2.24, 2.45) is 0 Å². The maximum Gasteiger partial charge on any atom is 0.408 e. The molecule has 0 aliphatic carbocycles. The first-order valence-corrected chi connectivity index (χ1v) is 12.9. The summed E-state index contributed by atoms with van der Waals surface area (Å²) in [6, 6.07) is 23.6. The Morgan fingerprint density at radius 1 is 0.854 bits per heavy atom. The van der Waals surface area contributed by atoms with E-state index in [0.717, 1.165) is 16.7 Å². The van der Waals surface area contributed by atoms with Gasteiger partial charge in [0.05, 0.1) is 25.7 Å². The molecule has 10 nitrogen and oxygen atoms in total. The highest BCUT2D eigenvalue weighted by atomic mass is 35.5. The first-order valence-electron chi connectivity index (χ1n) is 12.9. The van der Waals surface area contributed by atoms with Gasteiger partial charge in [0.25, 0.3) is 0 Å². The lowest BCUT2D eigenvalue weighted by molar-refractivity contribution is -0.140. The molecule has 220 valence electrons. The number of aliphatic hydroxyl groups is 1. The second-order valence-electron chi connectivity index (χ2n) is 9.21. The van der Waals surface area contributed by atoms with E-state index in [4.69, 9.17) is 9.47 Å². The number of hydrogen-bond donors (Lipinski definition) is 5. The Labute approximate surface area is 245 Å². The van der Waals surface area contributed by atoms with Gasteiger partial charge in [-0.25, -0.2) is 4.79 Å². The smallest absolute Gasteiger partial charge is 0.408 e. The molecule has 3 aromatic rings. The molecule has 0 spiro atoms. The van der Waals surface area contributed by atoms with E-state index in [9.17, 15) is 24.6 Å². The number of alkyl carbamates (subject to hydrolysis) is 1. The summed E-state index contributed by atoms with van der Waals surface area (Å²) in [5.74, 6) is -1.30. The Hall–Kier alpha value is -4.12. The highest BCUT2D eigenvalue weighted by Crippen LogP contribution is 2.13. The monoisotopic (exact) mass is 585 g/mol. The minimum atomic E-state index is -1.41. The quantitative estimate of drug-likeness (QED) is 0.183. The van der Waals surface area contributed by atoms with Crippen molar-refractivity contribution in [3.05, 3.63) is 102 Å². The Morgan fingerprint density at radius 2 is 1.49 bits per heavy atom. The van der Waals surface area contributed by atoms with Gasteiger partial charge in [0.1, 0.15) is 18.4 Å². The van der Waals surface area contributed by atoms with Crippen molar-refractivity contribution in [3.63, 3.8) is 0 Å². The van der Waals surface area contributed by atoms with E-state index < -0.39 is 42.6 Å². The zero-order valence-corrected chi connectivity index (χ0v) is 23.5. The summed E-state index contributed by atoms with van der Waals surface area (Å²) < 4.78 is 10.4. The van der Waals surface area contributed by atoms with Crippen LogP contribution in [0.1, 0.15) is 23.1 Å². The number of nitrogens with one attached hydrogen (secondary N) is 3. The van der Waals surface area contributed by atoms with E-state index in [1.807, 2.05) is 60.7 Å². The first-order chi connectivity index (χ1) is 19.3. The molecule has 3 aromatic carbocycles. The number of benzene rings is 3. The highest BCUT2D eigenvalue weighted by molar-refractivity contribution is 5.89. The van der Waals surface area contributed by atoms with Gasteiger partial charge in [-0.3, -0.25) is 9.59 Å². The van der Waals surface area contributed by atoms with Gasteiger partial charge in [-0.05, 0) is 35.2 Å². The number of carbonyl (C=O) groups is 3. The number of rotatable bonds is 15. The third-order valence-corrected chi connectivity index (χ3v) is 6.11. The van der Waals surface area contributed by atoms with Crippen LogP contribution in [0, 0.1) is 0 Å². The van der Waals surface area contributed by atoms with E-state index in [1.165, 1.54) is 0 Å². The fourth-order valence-corrected chi connectivity index (χ4v) is 4.01. The minimum Gasteiger partial charge on any atom is -0.497 e. The van der Waals surface area contributed by atoms with Crippen molar-refractivity contribution in [3.8, 4) is 5.75 Å². The zero-order chi connectivity index (χ0) is 28.7. The number of hydrogen-bond acceptors (Lipinski definition) is 7. The number of carboxylic acids is 1. The second-order valence-corrected chi connectivity index (χ2v) is 9.21. The van der Waals surface area contributed by atoms with Crippen molar-refractivity contribution in [2.45, 2.75) is 44.2 Å². The molecule has 0 heterocycles. The molecule has 0 unspecified atom stereocenters. The maximum atomic E-state index is 13.2. The summed E-state index contributed by atoms with van der Waals surface area (Å²) in [5.41, 5.74) is 2.56. The standard InChI is InChI=1S/C30H35N3O7.ClH/c1-39-24-14-8-13-23(15-24)18-31-19-27(34)25(16-21-9-4-2-5-10-21)32-29(37)26(17-28(35)36)33-30(38)40-20-22-11-6-3-7-12-22;/h2-15,25-27,31,34H,16-20H2,1H3,(H,32,37)(H,33,38)(H,35,36);1H/t25-,26-,27+;/m0./s1. The summed E-state index contributed by atoms with van der Waals surface area (Å²) in [7, 11) is 1.59. The Bertz CT molecular complexity index is 1230. The Balaban J connectivity index is 0.00000588. The number of carboxylic acid groups (broad SMARTS) is 1. The zero-order valence-electron chi connectivity index (χ0n) is 22.7. The predicted molar refractivity (Wildman–Crippen MR) is 156 cm³/mol. The van der Waals surface area contributed by atoms with Gasteiger partial charge in [0.2, 0.25) is 5.91 Å². The van der Waals surface area contributed by atoms with Gasteiger partial charge in [0, 0.05) is 13.1 Å². The molecule has 5 N–H and O–H groups in total. The fourth-order valence-electron chi connectivity index (χ4n) is 4.01. The number of halogens is 1. The average Bonchev–Trinajstić information content (AvgIpc) is 2.96. The molecule has 11 heteroatoms. The van der Waals surface area contributed by atoms with Crippen molar-refractivity contribution in [1.82, 2.24) is 16.0 Å². The normalized spacial score (nSPS) is 12.6. The molecule has 0 saturated heterocycles. The van der Waals surface area contributed by atoms with E-state index >= 15 is 0 Å². The summed E-state index contributed by atoms with van der Waals surface area (Å²) >= 11 is 0. The topological polar surface area (TPSA) is 146 Å². The largest absolute Gasteiger partial charge is 0.497 e. The lowest BCUT2D eigenvalue weighted by Crippen LogP contribution is -2.55. The van der Waals surface area contributed by atoms with Crippen LogP contribution in [0.2, 0.25) is 0 Å². The molecule has 3 rings (SSSR count). The van der Waals surface area contributed by atoms with Crippen molar-refractivity contribution in [1.29, 1.82) is 0 Å². The number of methoxy groups -OCH3 is 1. The van der Waals surface area contributed by atoms with Crippen LogP contribution in [0.25, 0.3) is 0 Å². The van der Waals surface area contributed by atoms with Crippen LogP contribution in [0.5, 0.6) is 5.75 Å². The van der Waals surface area contributed by atoms with Gasteiger partial charge in [-0.2, -0.15) is 0 Å². The second kappa shape index (κ2) is 17.5. The Morgan fingerprint density at radius 3 is 2.12 bits per heavy atom. The molecule has 0 bridgehead atoms. The number of aliphatic hydroxyl groups excluding tert-OH is 1. The molecule has 0 saturated carbocycles. The molecular weight excluding hydrogens is 550 g/mol. The molecule has 0 radical (unpaired) electrons. The number of carbonyl (C=O) groups excluding carboxylic acids is 2. The first kappa shape index (κ1) is 33.1. The van der Waals surface area contributed by atoms with Crippen LogP contribution in [0.15, 0.2) is 84.9 Å². The van der Waals surface area contributed by atoms with Gasteiger partial charge >= 0.3 is 12.1 Å². The lowest BCUT2D eigenvalue weighted by atomic mass is 10.00. The molecule has 0 aromatic heterocycles. The number of aliphatic carboxylic acids is 1. The molecule has 0 fully saturated rings. The van der Waals surface area contributed by atoms with Crippen LogP contribution in [-0.2, 0) is 33.9 Å². The van der Waals surface area contributed by atoms with Crippen molar-refractivity contribution >= 4 is 30.4 Å². The fraction of sp³-hybridized carbons (Fsp3) is 0.300. The van der Waals surface area contributed by atoms with Crippen molar-refractivity contribution in [2.75, 3.05) is 13.7 Å². The van der Waals surface area contributed by atoms with E-state index in [2.05, 4.69) is 16.0 Å². The van der Waals surface area contributed by atoms with Crippen LogP contribution in [0.3, 0.4) is 0 Å². The number of ether oxygens (including phenoxy) is 2. The molecular formula is C30H36ClN3O7. The molecule has 0 aliphatic heterocycles. The molecule has 2 amide bonds. The molecule has 0 aliphatic rings. The van der Waals surface area contributed by atoms with Gasteiger partial charge in [0.15, 0.2) is 0 Å². The third kappa shape index (κ3) is 11.9. The third-order valence-electron chi connectivity index (χ3n) is 6.11. The van der Waals surface area contributed by atoms with E-state index in [1.54, 1.807) is 31.4 Å². The van der Waals surface area contributed by atoms with Crippen LogP contribution in [0.4, 0.5) is 4.79 Å². The van der Waals surface area contributed by atoms with Gasteiger partial charge in [-0.15, -0.1) is 12.4 Å². The van der Waals surface area contributed by atoms with E-state index in [0.29, 0.717) is 12.3 Å². The number of amides is 2. The van der Waals surface area contributed by atoms with Gasteiger partial charge < -0.3 is 35.6 Å². The van der Waals surface area contributed by atoms with Crippen LogP contribution >= 0.6 is 12.4 Å². The lowest BCUT2D eigenvalue weighted by Gasteiger charge is -2.27. The summed E-state index contributed by atoms with van der Waals surface area (Å²) in [6.07, 6.45) is -2.32. The highest BCUT2D eigenvalue weighted by Gasteiger charge is 2.29. The summed E-state index contributed by atoms with van der Waals surface area (Å²) in [4.78, 5) is 37.0. The SMILES string of the molecule is COc1cccc(CNC[C@@H](O)[C@H](Cc2ccccc2)NC(=O)[C@H](CC(=O)O)NC(=O)OCc2ccccc2)c1.Cl. The van der Waals surface area contributed by atoms with Gasteiger partial charge in [-0.1, -0.05) is 72.8 Å². The maximum absolute atomic E-state index is 13.2. The molecule has 41 heavy (non-hydrogen) atoms. The van der Waals surface area contributed by atoms with E-state index in [-0.39, 0.29) is 32.0 Å². The Kier molecular flexibility index (Phi) is 14.2. The predicted octanol–water partition coefficient (Wildman–Crippen LogP) is 3.06. The summed E-state index contributed by atoms with van der Waals surface area (Å²) in [6.45, 7) is 0.560.